The number of esters is 1. The molecule has 94 valence electrons. The molecule has 2 rings (SSSR count). The maximum absolute atomic E-state index is 11.3. The highest BCUT2D eigenvalue weighted by atomic mass is 35.5. The van der Waals surface area contributed by atoms with Crippen molar-refractivity contribution in [3.63, 3.8) is 0 Å². The zero-order valence-corrected chi connectivity index (χ0v) is 10.1. The molecule has 0 N–H and O–H groups in total. The number of nitrogens with zero attached hydrogens (tertiary/aromatic N) is 1. The maximum Gasteiger partial charge on any atom is 0.362 e. The Hall–Kier alpha value is -1.85. The van der Waals surface area contributed by atoms with E-state index in [0.29, 0.717) is 11.6 Å². The van der Waals surface area contributed by atoms with E-state index in [1.807, 2.05) is 12.1 Å². The Morgan fingerprint density at radius 2 is 2.28 bits per heavy atom. The molecule has 0 saturated heterocycles. The number of halogens is 1. The molecule has 1 heterocycles. The molecule has 0 amide bonds. The molecule has 18 heavy (non-hydrogen) atoms. The third-order valence-electron chi connectivity index (χ3n) is 2.08. The Labute approximate surface area is 108 Å². The van der Waals surface area contributed by atoms with Gasteiger partial charge in [-0.15, -0.1) is 0 Å². The fourth-order valence-corrected chi connectivity index (χ4v) is 1.49. The van der Waals surface area contributed by atoms with Crippen LogP contribution in [0.1, 0.15) is 16.1 Å². The van der Waals surface area contributed by atoms with Crippen molar-refractivity contribution in [2.75, 3.05) is 6.79 Å². The summed E-state index contributed by atoms with van der Waals surface area (Å²) in [7, 11) is 0. The highest BCUT2D eigenvalue weighted by Crippen LogP contribution is 2.11. The van der Waals surface area contributed by atoms with Crippen molar-refractivity contribution in [3.05, 3.63) is 52.9 Å². The van der Waals surface area contributed by atoms with Gasteiger partial charge >= 0.3 is 5.97 Å². The molecule has 0 fully saturated rings. The van der Waals surface area contributed by atoms with Crippen molar-refractivity contribution in [3.8, 4) is 0 Å². The van der Waals surface area contributed by atoms with Gasteiger partial charge in [0.2, 0.25) is 0 Å². The average molecular weight is 268 g/mol. The van der Waals surface area contributed by atoms with Gasteiger partial charge in [-0.25, -0.2) is 4.79 Å². The molecule has 0 atom stereocenters. The van der Waals surface area contributed by atoms with Gasteiger partial charge in [0.05, 0.1) is 6.61 Å². The van der Waals surface area contributed by atoms with E-state index in [9.17, 15) is 4.79 Å². The second-order valence-electron chi connectivity index (χ2n) is 3.41. The van der Waals surface area contributed by atoms with Crippen LogP contribution in [-0.4, -0.2) is 17.9 Å². The average Bonchev–Trinajstić information content (AvgIpc) is 2.88. The van der Waals surface area contributed by atoms with Crippen LogP contribution in [0.5, 0.6) is 0 Å². The normalized spacial score (nSPS) is 10.3. The standard InChI is InChI=1S/C12H10ClNO4/c13-10-3-1-2-9(6-10)7-16-8-17-12(15)11-4-5-18-14-11/h1-6H,7-8H2. The molecule has 0 spiro atoms. The molecule has 0 radical (unpaired) electrons. The Balaban J connectivity index is 1.72. The lowest BCUT2D eigenvalue weighted by Crippen LogP contribution is -2.09. The van der Waals surface area contributed by atoms with Crippen LogP contribution in [-0.2, 0) is 16.1 Å². The first-order valence-corrected chi connectivity index (χ1v) is 5.53. The molecule has 0 unspecified atom stereocenters. The summed E-state index contributed by atoms with van der Waals surface area (Å²) in [5.41, 5.74) is 1.02. The van der Waals surface area contributed by atoms with Crippen LogP contribution in [0.3, 0.4) is 0 Å². The Morgan fingerprint density at radius 3 is 3.00 bits per heavy atom. The zero-order chi connectivity index (χ0) is 12.8. The SMILES string of the molecule is O=C(OCOCc1cccc(Cl)c1)c1ccon1. The Bertz CT molecular complexity index is 513. The van der Waals surface area contributed by atoms with Crippen LogP contribution in [0.2, 0.25) is 5.02 Å². The monoisotopic (exact) mass is 267 g/mol. The van der Waals surface area contributed by atoms with Crippen molar-refractivity contribution in [2.24, 2.45) is 0 Å². The van der Waals surface area contributed by atoms with E-state index in [4.69, 9.17) is 21.1 Å². The molecule has 2 aromatic rings. The highest BCUT2D eigenvalue weighted by Gasteiger charge is 2.09. The van der Waals surface area contributed by atoms with Crippen molar-refractivity contribution in [1.82, 2.24) is 5.16 Å². The van der Waals surface area contributed by atoms with E-state index >= 15 is 0 Å². The summed E-state index contributed by atoms with van der Waals surface area (Å²) in [6.07, 6.45) is 1.30. The fraction of sp³-hybridized carbons (Fsp3) is 0.167. The van der Waals surface area contributed by atoms with Crippen LogP contribution >= 0.6 is 11.6 Å². The van der Waals surface area contributed by atoms with E-state index in [1.54, 1.807) is 12.1 Å². The van der Waals surface area contributed by atoms with Gasteiger partial charge in [0.25, 0.3) is 0 Å². The van der Waals surface area contributed by atoms with E-state index < -0.39 is 5.97 Å². The summed E-state index contributed by atoms with van der Waals surface area (Å²) >= 11 is 5.82. The number of carbonyl (C=O) groups excluding carboxylic acids is 1. The molecule has 0 aliphatic carbocycles. The van der Waals surface area contributed by atoms with Crippen molar-refractivity contribution < 1.29 is 18.8 Å². The van der Waals surface area contributed by atoms with E-state index in [-0.39, 0.29) is 12.5 Å². The first-order valence-electron chi connectivity index (χ1n) is 5.15. The van der Waals surface area contributed by atoms with Crippen molar-refractivity contribution >= 4 is 17.6 Å². The molecule has 0 saturated carbocycles. The minimum atomic E-state index is -0.588. The van der Waals surface area contributed by atoms with Crippen LogP contribution in [0.15, 0.2) is 41.1 Å². The van der Waals surface area contributed by atoms with Crippen LogP contribution in [0.25, 0.3) is 0 Å². The summed E-state index contributed by atoms with van der Waals surface area (Å²) in [5.74, 6) is -0.588. The predicted octanol–water partition coefficient (Wildman–Crippen LogP) is 2.66. The van der Waals surface area contributed by atoms with Crippen LogP contribution < -0.4 is 0 Å². The molecule has 0 bridgehead atoms. The van der Waals surface area contributed by atoms with Gasteiger partial charge < -0.3 is 14.0 Å². The van der Waals surface area contributed by atoms with E-state index in [1.165, 1.54) is 12.3 Å². The van der Waals surface area contributed by atoms with Gasteiger partial charge in [-0.2, -0.15) is 0 Å². The number of benzene rings is 1. The zero-order valence-electron chi connectivity index (χ0n) is 9.34. The van der Waals surface area contributed by atoms with E-state index in [2.05, 4.69) is 9.68 Å². The first kappa shape index (κ1) is 12.6. The minimum absolute atomic E-state index is 0.112. The molecule has 0 aliphatic rings. The lowest BCUT2D eigenvalue weighted by Gasteiger charge is -2.05. The second-order valence-corrected chi connectivity index (χ2v) is 3.85. The summed E-state index contributed by atoms with van der Waals surface area (Å²) < 4.78 is 14.5. The van der Waals surface area contributed by atoms with Gasteiger partial charge in [-0.1, -0.05) is 28.9 Å². The van der Waals surface area contributed by atoms with E-state index in [0.717, 1.165) is 5.56 Å². The maximum atomic E-state index is 11.3. The molecule has 1 aromatic heterocycles. The number of hydrogen-bond donors (Lipinski definition) is 0. The Morgan fingerprint density at radius 1 is 1.39 bits per heavy atom. The number of aromatic nitrogens is 1. The molecule has 1 aromatic carbocycles. The molecular formula is C12H10ClNO4. The summed E-state index contributed by atoms with van der Waals surface area (Å²) in [5, 5.41) is 4.08. The smallest absolute Gasteiger partial charge is 0.362 e. The third kappa shape index (κ3) is 3.58. The number of hydrogen-bond acceptors (Lipinski definition) is 5. The fourth-order valence-electron chi connectivity index (χ4n) is 1.27. The topological polar surface area (TPSA) is 61.6 Å². The van der Waals surface area contributed by atoms with Gasteiger partial charge in [0, 0.05) is 11.1 Å². The molecule has 6 heteroatoms. The third-order valence-corrected chi connectivity index (χ3v) is 2.31. The van der Waals surface area contributed by atoms with Crippen molar-refractivity contribution in [1.29, 1.82) is 0 Å². The van der Waals surface area contributed by atoms with Crippen LogP contribution in [0.4, 0.5) is 0 Å². The molecule has 0 aliphatic heterocycles. The quantitative estimate of drug-likeness (QED) is 0.473. The minimum Gasteiger partial charge on any atom is -0.434 e. The number of rotatable bonds is 5. The predicted molar refractivity (Wildman–Crippen MR) is 63.0 cm³/mol. The highest BCUT2D eigenvalue weighted by molar-refractivity contribution is 6.30. The Kier molecular flexibility index (Phi) is 4.33. The van der Waals surface area contributed by atoms with Crippen molar-refractivity contribution in [2.45, 2.75) is 6.61 Å². The van der Waals surface area contributed by atoms with Gasteiger partial charge in [-0.05, 0) is 17.7 Å². The lowest BCUT2D eigenvalue weighted by atomic mass is 10.2. The van der Waals surface area contributed by atoms with Gasteiger partial charge in [-0.3, -0.25) is 0 Å². The van der Waals surface area contributed by atoms with Gasteiger partial charge in [0.15, 0.2) is 12.5 Å². The largest absolute Gasteiger partial charge is 0.434 e. The number of carbonyl (C=O) groups is 1. The van der Waals surface area contributed by atoms with Gasteiger partial charge in [0.1, 0.15) is 6.26 Å². The summed E-state index contributed by atoms with van der Waals surface area (Å²) in [6, 6.07) is 8.66. The van der Waals surface area contributed by atoms with Crippen LogP contribution in [0, 0.1) is 0 Å². The summed E-state index contributed by atoms with van der Waals surface area (Å²) in [6.45, 7) is 0.158. The second kappa shape index (κ2) is 6.18. The molecule has 5 nitrogen and oxygen atoms in total. The first-order chi connectivity index (χ1) is 8.75. The number of ether oxygens (including phenoxy) is 2. The summed E-state index contributed by atoms with van der Waals surface area (Å²) in [4.78, 5) is 11.3. The molecular weight excluding hydrogens is 258 g/mol. The lowest BCUT2D eigenvalue weighted by molar-refractivity contribution is -0.0387.